The van der Waals surface area contributed by atoms with Crippen molar-refractivity contribution in [2.24, 2.45) is 0 Å². The number of hydrogen-bond acceptors (Lipinski definition) is 4. The van der Waals surface area contributed by atoms with Gasteiger partial charge >= 0.3 is 6.03 Å². The van der Waals surface area contributed by atoms with E-state index in [1.54, 1.807) is 11.9 Å². The van der Waals surface area contributed by atoms with Crippen molar-refractivity contribution in [2.45, 2.75) is 25.4 Å². The molecule has 0 radical (unpaired) electrons. The first-order valence-electron chi connectivity index (χ1n) is 7.33. The Labute approximate surface area is 128 Å². The number of ether oxygens (including phenoxy) is 2. The molecular formula is C15H19N3O4. The number of nitrogens with one attached hydrogen (secondary N) is 2. The molecule has 2 aliphatic heterocycles. The second-order valence-electron chi connectivity index (χ2n) is 5.31. The van der Waals surface area contributed by atoms with Crippen molar-refractivity contribution in [3.63, 3.8) is 0 Å². The molecule has 0 aromatic heterocycles. The van der Waals surface area contributed by atoms with Crippen LogP contribution in [0.1, 0.15) is 18.4 Å². The largest absolute Gasteiger partial charge is 0.454 e. The van der Waals surface area contributed by atoms with Gasteiger partial charge in [0.2, 0.25) is 12.7 Å². The van der Waals surface area contributed by atoms with Crippen molar-refractivity contribution in [1.82, 2.24) is 15.5 Å². The van der Waals surface area contributed by atoms with Crippen LogP contribution >= 0.6 is 0 Å². The number of fused-ring (bicyclic) bond motifs is 1. The normalized spacial score (nSPS) is 19.1. The Kier molecular flexibility index (Phi) is 4.04. The lowest BCUT2D eigenvalue weighted by Gasteiger charge is -2.23. The SMILES string of the molecule is CNC(=O)[C@H]1CCCN1C(=O)NCc1ccc2c(c1)OCO2. The van der Waals surface area contributed by atoms with Gasteiger partial charge in [0.05, 0.1) is 0 Å². The summed E-state index contributed by atoms with van der Waals surface area (Å²) in [6.07, 6.45) is 1.55. The van der Waals surface area contributed by atoms with E-state index in [0.29, 0.717) is 31.0 Å². The molecule has 0 spiro atoms. The highest BCUT2D eigenvalue weighted by Gasteiger charge is 2.33. The minimum Gasteiger partial charge on any atom is -0.454 e. The van der Waals surface area contributed by atoms with Crippen molar-refractivity contribution >= 4 is 11.9 Å². The van der Waals surface area contributed by atoms with Gasteiger partial charge in [0.25, 0.3) is 0 Å². The van der Waals surface area contributed by atoms with Crippen LogP contribution in [0.2, 0.25) is 0 Å². The van der Waals surface area contributed by atoms with E-state index in [9.17, 15) is 9.59 Å². The maximum atomic E-state index is 12.3. The predicted octanol–water partition coefficient (Wildman–Crippen LogP) is 0.835. The Hall–Kier alpha value is -2.44. The number of rotatable bonds is 3. The third-order valence-corrected chi connectivity index (χ3v) is 3.94. The zero-order valence-corrected chi connectivity index (χ0v) is 12.4. The van der Waals surface area contributed by atoms with E-state index in [0.717, 1.165) is 12.0 Å². The summed E-state index contributed by atoms with van der Waals surface area (Å²) >= 11 is 0. The van der Waals surface area contributed by atoms with Crippen molar-refractivity contribution < 1.29 is 19.1 Å². The third-order valence-electron chi connectivity index (χ3n) is 3.94. The molecule has 2 heterocycles. The van der Waals surface area contributed by atoms with Gasteiger partial charge in [-0.2, -0.15) is 0 Å². The molecule has 2 aliphatic rings. The standard InChI is InChI=1S/C15H19N3O4/c1-16-14(19)11-3-2-6-18(11)15(20)17-8-10-4-5-12-13(7-10)22-9-21-12/h4-5,7,11H,2-3,6,8-9H2,1H3,(H,16,19)(H,17,20)/t11-/m1/s1. The molecule has 1 aromatic carbocycles. The number of carbonyl (C=O) groups excluding carboxylic acids is 2. The number of benzene rings is 1. The summed E-state index contributed by atoms with van der Waals surface area (Å²) in [6, 6.07) is 4.97. The number of amides is 3. The molecule has 1 atom stereocenters. The molecular weight excluding hydrogens is 286 g/mol. The predicted molar refractivity (Wildman–Crippen MR) is 78.6 cm³/mol. The van der Waals surface area contributed by atoms with Crippen LogP contribution in [0.3, 0.4) is 0 Å². The first-order chi connectivity index (χ1) is 10.7. The molecule has 1 aromatic rings. The Morgan fingerprint density at radius 1 is 1.32 bits per heavy atom. The Morgan fingerprint density at radius 3 is 2.95 bits per heavy atom. The monoisotopic (exact) mass is 305 g/mol. The van der Waals surface area contributed by atoms with Crippen LogP contribution in [-0.2, 0) is 11.3 Å². The van der Waals surface area contributed by atoms with Crippen LogP contribution in [0.5, 0.6) is 11.5 Å². The average Bonchev–Trinajstić information content (AvgIpc) is 3.19. The minimum atomic E-state index is -0.373. The van der Waals surface area contributed by atoms with E-state index >= 15 is 0 Å². The van der Waals surface area contributed by atoms with Gasteiger partial charge in [-0.3, -0.25) is 4.79 Å². The highest BCUT2D eigenvalue weighted by Crippen LogP contribution is 2.32. The fraction of sp³-hybridized carbons (Fsp3) is 0.467. The van der Waals surface area contributed by atoms with Gasteiger partial charge < -0.3 is 25.0 Å². The molecule has 0 bridgehead atoms. The number of carbonyl (C=O) groups is 2. The second-order valence-corrected chi connectivity index (χ2v) is 5.31. The van der Waals surface area contributed by atoms with Crippen LogP contribution in [0.25, 0.3) is 0 Å². The summed E-state index contributed by atoms with van der Waals surface area (Å²) in [6.45, 7) is 1.21. The zero-order valence-electron chi connectivity index (χ0n) is 12.4. The number of urea groups is 1. The van der Waals surface area contributed by atoms with E-state index < -0.39 is 0 Å². The average molecular weight is 305 g/mol. The van der Waals surface area contributed by atoms with Crippen LogP contribution < -0.4 is 20.1 Å². The molecule has 7 nitrogen and oxygen atoms in total. The van der Waals surface area contributed by atoms with E-state index in [-0.39, 0.29) is 24.8 Å². The van der Waals surface area contributed by atoms with Gasteiger partial charge in [0, 0.05) is 20.1 Å². The van der Waals surface area contributed by atoms with Gasteiger partial charge in [-0.25, -0.2) is 4.79 Å². The van der Waals surface area contributed by atoms with Crippen molar-refractivity contribution in [2.75, 3.05) is 20.4 Å². The highest BCUT2D eigenvalue weighted by molar-refractivity contribution is 5.87. The van der Waals surface area contributed by atoms with Gasteiger partial charge in [-0.05, 0) is 30.5 Å². The molecule has 0 saturated carbocycles. The fourth-order valence-electron chi connectivity index (χ4n) is 2.78. The Morgan fingerprint density at radius 2 is 2.14 bits per heavy atom. The third kappa shape index (κ3) is 2.79. The quantitative estimate of drug-likeness (QED) is 0.867. The topological polar surface area (TPSA) is 79.9 Å². The lowest BCUT2D eigenvalue weighted by Crippen LogP contribution is -2.48. The smallest absolute Gasteiger partial charge is 0.318 e. The number of hydrogen-bond donors (Lipinski definition) is 2. The summed E-state index contributed by atoms with van der Waals surface area (Å²) in [7, 11) is 1.59. The molecule has 118 valence electrons. The van der Waals surface area contributed by atoms with Crippen molar-refractivity contribution in [1.29, 1.82) is 0 Å². The lowest BCUT2D eigenvalue weighted by atomic mass is 10.2. The summed E-state index contributed by atoms with van der Waals surface area (Å²) in [5, 5.41) is 5.45. The summed E-state index contributed by atoms with van der Waals surface area (Å²) in [5.41, 5.74) is 0.924. The molecule has 0 unspecified atom stereocenters. The zero-order chi connectivity index (χ0) is 15.5. The highest BCUT2D eigenvalue weighted by atomic mass is 16.7. The number of nitrogens with zero attached hydrogens (tertiary/aromatic N) is 1. The number of likely N-dealkylation sites (tertiary alicyclic amines) is 1. The van der Waals surface area contributed by atoms with E-state index in [1.165, 1.54) is 0 Å². The first kappa shape index (κ1) is 14.5. The maximum Gasteiger partial charge on any atom is 0.318 e. The molecule has 0 aliphatic carbocycles. The molecule has 1 fully saturated rings. The number of likely N-dealkylation sites (N-methyl/N-ethyl adjacent to an activating group) is 1. The summed E-state index contributed by atoms with van der Waals surface area (Å²) < 4.78 is 10.6. The lowest BCUT2D eigenvalue weighted by molar-refractivity contribution is -0.124. The van der Waals surface area contributed by atoms with Crippen LogP contribution in [0, 0.1) is 0 Å². The summed E-state index contributed by atoms with van der Waals surface area (Å²) in [5.74, 6) is 1.29. The molecule has 3 rings (SSSR count). The van der Waals surface area contributed by atoms with Gasteiger partial charge in [0.1, 0.15) is 6.04 Å². The molecule has 2 N–H and O–H groups in total. The van der Waals surface area contributed by atoms with E-state index in [4.69, 9.17) is 9.47 Å². The molecule has 7 heteroatoms. The second kappa shape index (κ2) is 6.13. The molecule has 1 saturated heterocycles. The molecule has 3 amide bonds. The van der Waals surface area contributed by atoms with Crippen LogP contribution in [-0.4, -0.2) is 43.3 Å². The van der Waals surface area contributed by atoms with Crippen LogP contribution in [0.4, 0.5) is 4.79 Å². The Bertz CT molecular complexity index is 590. The van der Waals surface area contributed by atoms with Gasteiger partial charge in [0.15, 0.2) is 11.5 Å². The first-order valence-corrected chi connectivity index (χ1v) is 7.33. The van der Waals surface area contributed by atoms with Gasteiger partial charge in [-0.15, -0.1) is 0 Å². The summed E-state index contributed by atoms with van der Waals surface area (Å²) in [4.78, 5) is 25.6. The Balaban J connectivity index is 1.59. The maximum absolute atomic E-state index is 12.3. The van der Waals surface area contributed by atoms with Gasteiger partial charge in [-0.1, -0.05) is 6.07 Å². The van der Waals surface area contributed by atoms with E-state index in [1.807, 2.05) is 18.2 Å². The van der Waals surface area contributed by atoms with Crippen molar-refractivity contribution in [3.05, 3.63) is 23.8 Å². The molecule has 22 heavy (non-hydrogen) atoms. The van der Waals surface area contributed by atoms with E-state index in [2.05, 4.69) is 10.6 Å². The van der Waals surface area contributed by atoms with Crippen molar-refractivity contribution in [3.8, 4) is 11.5 Å². The minimum absolute atomic E-state index is 0.115. The van der Waals surface area contributed by atoms with Crippen LogP contribution in [0.15, 0.2) is 18.2 Å². The fourth-order valence-corrected chi connectivity index (χ4v) is 2.78.